The molecule has 7 heteroatoms. The van der Waals surface area contributed by atoms with Gasteiger partial charge in [0.2, 0.25) is 5.72 Å². The van der Waals surface area contributed by atoms with Gasteiger partial charge >= 0.3 is 0 Å². The molecule has 3 rings (SSSR count). The minimum Gasteiger partial charge on any atom is -0.335 e. The molecule has 1 aliphatic rings. The summed E-state index contributed by atoms with van der Waals surface area (Å²) < 4.78 is 47.2. The largest absolute Gasteiger partial charge is 0.335 e. The molecular formula is C12H10F3N3O. The SMILES string of the molecule is CC1(C)O[C@@]1(c1cc(F)c(F)cc1F)n1cncn1. The van der Waals surface area contributed by atoms with Gasteiger partial charge in [-0.2, -0.15) is 5.10 Å². The predicted molar refractivity (Wildman–Crippen MR) is 58.6 cm³/mol. The van der Waals surface area contributed by atoms with E-state index in [1.165, 1.54) is 17.3 Å². The zero-order chi connectivity index (χ0) is 13.8. The second-order valence-electron chi connectivity index (χ2n) is 4.84. The van der Waals surface area contributed by atoms with Crippen LogP contribution < -0.4 is 0 Å². The molecule has 0 N–H and O–H groups in total. The number of benzene rings is 1. The highest BCUT2D eigenvalue weighted by Crippen LogP contribution is 2.56. The van der Waals surface area contributed by atoms with Crippen LogP contribution >= 0.6 is 0 Å². The van der Waals surface area contributed by atoms with Crippen LogP contribution in [0, 0.1) is 17.5 Å². The first-order chi connectivity index (χ1) is 8.88. The number of aromatic nitrogens is 3. The number of nitrogens with zero attached hydrogens (tertiary/aromatic N) is 3. The number of halogens is 3. The van der Waals surface area contributed by atoms with Crippen molar-refractivity contribution in [2.75, 3.05) is 0 Å². The number of epoxide rings is 1. The summed E-state index contributed by atoms with van der Waals surface area (Å²) in [5.74, 6) is -3.27. The number of hydrogen-bond donors (Lipinski definition) is 0. The predicted octanol–water partition coefficient (Wildman–Crippen LogP) is 2.21. The minimum atomic E-state index is -1.30. The maximum atomic E-state index is 14.0. The van der Waals surface area contributed by atoms with Crippen LogP contribution in [0.5, 0.6) is 0 Å². The minimum absolute atomic E-state index is 0.109. The highest BCUT2D eigenvalue weighted by Gasteiger charge is 2.68. The van der Waals surface area contributed by atoms with Crippen molar-refractivity contribution in [3.05, 3.63) is 47.8 Å². The molecule has 2 heterocycles. The van der Waals surface area contributed by atoms with Gasteiger partial charge in [-0.25, -0.2) is 22.8 Å². The molecule has 1 aromatic heterocycles. The van der Waals surface area contributed by atoms with Crippen molar-refractivity contribution in [2.45, 2.75) is 25.2 Å². The van der Waals surface area contributed by atoms with E-state index in [9.17, 15) is 13.2 Å². The smallest absolute Gasteiger partial charge is 0.220 e. The van der Waals surface area contributed by atoms with Crippen molar-refractivity contribution in [2.24, 2.45) is 0 Å². The Bertz CT molecular complexity index is 642. The second kappa shape index (κ2) is 3.57. The lowest BCUT2D eigenvalue weighted by Crippen LogP contribution is -2.29. The van der Waals surface area contributed by atoms with Crippen molar-refractivity contribution >= 4 is 0 Å². The van der Waals surface area contributed by atoms with Crippen molar-refractivity contribution in [1.82, 2.24) is 14.8 Å². The van der Waals surface area contributed by atoms with Crippen LogP contribution in [0.25, 0.3) is 0 Å². The fraction of sp³-hybridized carbons (Fsp3) is 0.333. The van der Waals surface area contributed by atoms with E-state index in [-0.39, 0.29) is 5.56 Å². The Morgan fingerprint density at radius 2 is 1.74 bits per heavy atom. The maximum Gasteiger partial charge on any atom is 0.220 e. The van der Waals surface area contributed by atoms with Gasteiger partial charge < -0.3 is 4.74 Å². The van der Waals surface area contributed by atoms with Gasteiger partial charge in [-0.15, -0.1) is 0 Å². The summed E-state index contributed by atoms with van der Waals surface area (Å²) in [6.45, 7) is 3.41. The van der Waals surface area contributed by atoms with Crippen LogP contribution in [-0.4, -0.2) is 20.4 Å². The van der Waals surface area contributed by atoms with Gasteiger partial charge in [0.05, 0.1) is 0 Å². The number of rotatable bonds is 2. The molecule has 0 unspecified atom stereocenters. The third-order valence-corrected chi connectivity index (χ3v) is 3.29. The van der Waals surface area contributed by atoms with E-state index in [2.05, 4.69) is 10.1 Å². The first kappa shape index (κ1) is 12.2. The summed E-state index contributed by atoms with van der Waals surface area (Å²) in [5.41, 5.74) is -2.21. The average molecular weight is 269 g/mol. The molecule has 0 amide bonds. The molecule has 0 radical (unpaired) electrons. The van der Waals surface area contributed by atoms with E-state index in [4.69, 9.17) is 4.74 Å². The Kier molecular flexibility index (Phi) is 2.28. The van der Waals surface area contributed by atoms with Crippen LogP contribution in [0.4, 0.5) is 13.2 Å². The summed E-state index contributed by atoms with van der Waals surface area (Å²) >= 11 is 0. The van der Waals surface area contributed by atoms with Crippen LogP contribution in [0.2, 0.25) is 0 Å². The van der Waals surface area contributed by atoms with Gasteiger partial charge in [0.1, 0.15) is 24.1 Å². The van der Waals surface area contributed by atoms with E-state index in [1.807, 2.05) is 0 Å². The fourth-order valence-electron chi connectivity index (χ4n) is 2.32. The van der Waals surface area contributed by atoms with Crippen molar-refractivity contribution in [3.63, 3.8) is 0 Å². The van der Waals surface area contributed by atoms with Gasteiger partial charge in [-0.3, -0.25) is 0 Å². The summed E-state index contributed by atoms with van der Waals surface area (Å²) in [5, 5.41) is 3.91. The van der Waals surface area contributed by atoms with Gasteiger partial charge in [-0.1, -0.05) is 0 Å². The highest BCUT2D eigenvalue weighted by molar-refractivity contribution is 5.34. The van der Waals surface area contributed by atoms with Crippen molar-refractivity contribution < 1.29 is 17.9 Å². The van der Waals surface area contributed by atoms with Gasteiger partial charge in [-0.05, 0) is 19.9 Å². The highest BCUT2D eigenvalue weighted by atomic mass is 19.2. The Morgan fingerprint density at radius 1 is 1.11 bits per heavy atom. The molecular weight excluding hydrogens is 259 g/mol. The molecule has 19 heavy (non-hydrogen) atoms. The summed E-state index contributed by atoms with van der Waals surface area (Å²) in [6, 6.07) is 1.29. The molecule has 0 aliphatic carbocycles. The zero-order valence-corrected chi connectivity index (χ0v) is 10.2. The topological polar surface area (TPSA) is 43.2 Å². The number of hydrogen-bond acceptors (Lipinski definition) is 3. The van der Waals surface area contributed by atoms with E-state index >= 15 is 0 Å². The van der Waals surface area contributed by atoms with Crippen LogP contribution in [0.15, 0.2) is 24.8 Å². The van der Waals surface area contributed by atoms with Gasteiger partial charge in [0, 0.05) is 11.6 Å². The molecule has 1 aromatic carbocycles. The average Bonchev–Trinajstić information content (AvgIpc) is 2.75. The number of ether oxygens (including phenoxy) is 1. The van der Waals surface area contributed by atoms with Gasteiger partial charge in [0.15, 0.2) is 11.6 Å². The zero-order valence-electron chi connectivity index (χ0n) is 10.2. The first-order valence-electron chi connectivity index (χ1n) is 5.59. The van der Waals surface area contributed by atoms with Crippen molar-refractivity contribution in [1.29, 1.82) is 0 Å². The van der Waals surface area contributed by atoms with Crippen LogP contribution in [-0.2, 0) is 10.5 Å². The molecule has 0 bridgehead atoms. The maximum absolute atomic E-state index is 14.0. The van der Waals surface area contributed by atoms with E-state index in [0.717, 1.165) is 6.07 Å². The van der Waals surface area contributed by atoms with E-state index in [1.54, 1.807) is 13.8 Å². The summed E-state index contributed by atoms with van der Waals surface area (Å²) in [6.07, 6.45) is 2.60. The monoisotopic (exact) mass is 269 g/mol. The lowest BCUT2D eigenvalue weighted by atomic mass is 9.95. The molecule has 1 saturated heterocycles. The quantitative estimate of drug-likeness (QED) is 0.620. The molecule has 1 atom stereocenters. The fourth-order valence-corrected chi connectivity index (χ4v) is 2.32. The Labute approximate surface area is 106 Å². The molecule has 0 spiro atoms. The summed E-state index contributed by atoms with van der Waals surface area (Å²) in [4.78, 5) is 3.77. The molecule has 0 saturated carbocycles. The van der Waals surface area contributed by atoms with Gasteiger partial charge in [0.25, 0.3) is 0 Å². The normalized spacial score (nSPS) is 24.5. The molecule has 100 valence electrons. The third kappa shape index (κ3) is 1.51. The Balaban J connectivity index is 2.22. The van der Waals surface area contributed by atoms with E-state index < -0.39 is 28.8 Å². The second-order valence-corrected chi connectivity index (χ2v) is 4.84. The third-order valence-electron chi connectivity index (χ3n) is 3.29. The first-order valence-corrected chi connectivity index (χ1v) is 5.59. The Morgan fingerprint density at radius 3 is 2.26 bits per heavy atom. The Hall–Kier alpha value is -1.89. The van der Waals surface area contributed by atoms with Crippen LogP contribution in [0.3, 0.4) is 0 Å². The lowest BCUT2D eigenvalue weighted by Gasteiger charge is -2.16. The molecule has 2 aromatic rings. The molecule has 1 fully saturated rings. The lowest BCUT2D eigenvalue weighted by molar-refractivity contribution is 0.231. The van der Waals surface area contributed by atoms with Crippen molar-refractivity contribution in [3.8, 4) is 0 Å². The summed E-state index contributed by atoms with van der Waals surface area (Å²) in [7, 11) is 0. The molecule has 1 aliphatic heterocycles. The van der Waals surface area contributed by atoms with E-state index in [0.29, 0.717) is 6.07 Å². The standard InChI is InChI=1S/C12H10F3N3O/c1-11(2)12(19-11,18-6-16-5-17-18)7-3-9(14)10(15)4-8(7)13/h3-6H,1-2H3/t12-/m1/s1. The molecule has 4 nitrogen and oxygen atoms in total. The van der Waals surface area contributed by atoms with Crippen LogP contribution in [0.1, 0.15) is 19.4 Å².